The van der Waals surface area contributed by atoms with Crippen molar-refractivity contribution in [2.75, 3.05) is 57.1 Å². The van der Waals surface area contributed by atoms with Crippen LogP contribution in [0.5, 0.6) is 5.75 Å². The van der Waals surface area contributed by atoms with Gasteiger partial charge >= 0.3 is 0 Å². The van der Waals surface area contributed by atoms with Gasteiger partial charge in [0.25, 0.3) is 0 Å². The Balaban J connectivity index is 1.49. The number of carbonyl (C=O) groups excluding carboxylic acids is 2. The standard InChI is InChI=1S/C24H32N4O3/c1-18-8-10-20(11-9-18)25-23(29)17-26(3)24(30)19(2)27-12-14-28(15-13-27)21-6-5-7-22(16-21)31-4/h5-11,16,19H,12-15,17H2,1-4H3,(H,25,29)/t19-/m1/s1. The predicted octanol–water partition coefficient (Wildman–Crippen LogP) is 2.61. The summed E-state index contributed by atoms with van der Waals surface area (Å²) in [5.74, 6) is 0.595. The number of nitrogens with one attached hydrogen (secondary N) is 1. The van der Waals surface area contributed by atoms with E-state index in [1.165, 1.54) is 4.90 Å². The first-order valence-electron chi connectivity index (χ1n) is 10.6. The van der Waals surface area contributed by atoms with Gasteiger partial charge in [0.2, 0.25) is 11.8 Å². The van der Waals surface area contributed by atoms with E-state index in [-0.39, 0.29) is 24.4 Å². The summed E-state index contributed by atoms with van der Waals surface area (Å²) in [6.07, 6.45) is 0. The van der Waals surface area contributed by atoms with E-state index in [2.05, 4.69) is 21.2 Å². The van der Waals surface area contributed by atoms with Crippen LogP contribution in [0.3, 0.4) is 0 Å². The topological polar surface area (TPSA) is 65.1 Å². The van der Waals surface area contributed by atoms with Gasteiger partial charge in [-0.15, -0.1) is 0 Å². The highest BCUT2D eigenvalue weighted by atomic mass is 16.5. The third-order valence-corrected chi connectivity index (χ3v) is 5.73. The molecule has 0 spiro atoms. The highest BCUT2D eigenvalue weighted by Gasteiger charge is 2.28. The van der Waals surface area contributed by atoms with Crippen molar-refractivity contribution in [2.24, 2.45) is 0 Å². The maximum absolute atomic E-state index is 12.9. The molecule has 2 aromatic rings. The molecule has 1 aliphatic rings. The Bertz CT molecular complexity index is 892. The van der Waals surface area contributed by atoms with E-state index in [9.17, 15) is 9.59 Å². The predicted molar refractivity (Wildman–Crippen MR) is 124 cm³/mol. The number of ether oxygens (including phenoxy) is 1. The van der Waals surface area contributed by atoms with Gasteiger partial charge < -0.3 is 19.9 Å². The van der Waals surface area contributed by atoms with Gasteiger partial charge in [-0.25, -0.2) is 0 Å². The van der Waals surface area contributed by atoms with Gasteiger partial charge in [-0.05, 0) is 38.1 Å². The molecule has 2 amide bonds. The average Bonchev–Trinajstić information content (AvgIpc) is 2.79. The molecule has 2 aromatic carbocycles. The summed E-state index contributed by atoms with van der Waals surface area (Å²) in [6.45, 7) is 7.18. The lowest BCUT2D eigenvalue weighted by Gasteiger charge is -2.39. The Labute approximate surface area is 184 Å². The first-order valence-corrected chi connectivity index (χ1v) is 10.6. The van der Waals surface area contributed by atoms with Crippen molar-refractivity contribution in [3.63, 3.8) is 0 Å². The lowest BCUT2D eigenvalue weighted by Crippen LogP contribution is -2.54. The van der Waals surface area contributed by atoms with Crippen molar-refractivity contribution in [3.05, 3.63) is 54.1 Å². The Morgan fingerprint density at radius 3 is 2.42 bits per heavy atom. The molecule has 1 fully saturated rings. The monoisotopic (exact) mass is 424 g/mol. The number of nitrogens with zero attached hydrogens (tertiary/aromatic N) is 3. The molecule has 1 atom stereocenters. The van der Waals surface area contributed by atoms with Crippen molar-refractivity contribution < 1.29 is 14.3 Å². The number of piperazine rings is 1. The molecule has 31 heavy (non-hydrogen) atoms. The fourth-order valence-corrected chi connectivity index (χ4v) is 3.78. The van der Waals surface area contributed by atoms with Crippen LogP contribution in [0.2, 0.25) is 0 Å². The molecule has 1 heterocycles. The molecule has 1 aliphatic heterocycles. The zero-order valence-electron chi connectivity index (χ0n) is 18.8. The minimum absolute atomic E-state index is 0.0286. The second-order valence-corrected chi connectivity index (χ2v) is 8.01. The molecular formula is C24H32N4O3. The van der Waals surface area contributed by atoms with E-state index in [0.717, 1.165) is 48.9 Å². The summed E-state index contributed by atoms with van der Waals surface area (Å²) >= 11 is 0. The van der Waals surface area contributed by atoms with Gasteiger partial charge in [0, 0.05) is 50.7 Å². The number of benzene rings is 2. The van der Waals surface area contributed by atoms with Gasteiger partial charge in [-0.2, -0.15) is 0 Å². The zero-order valence-corrected chi connectivity index (χ0v) is 18.8. The van der Waals surface area contributed by atoms with Crippen LogP contribution in [0.1, 0.15) is 12.5 Å². The molecule has 3 rings (SSSR count). The maximum atomic E-state index is 12.9. The number of hydrogen-bond donors (Lipinski definition) is 1. The Kier molecular flexibility index (Phi) is 7.52. The average molecular weight is 425 g/mol. The summed E-state index contributed by atoms with van der Waals surface area (Å²) in [5, 5.41) is 2.84. The van der Waals surface area contributed by atoms with E-state index < -0.39 is 0 Å². The first-order chi connectivity index (χ1) is 14.9. The van der Waals surface area contributed by atoms with Crippen LogP contribution >= 0.6 is 0 Å². The number of methoxy groups -OCH3 is 1. The summed E-state index contributed by atoms with van der Waals surface area (Å²) in [5.41, 5.74) is 2.99. The van der Waals surface area contributed by atoms with Crippen LogP contribution in [0, 0.1) is 6.92 Å². The van der Waals surface area contributed by atoms with Crippen LogP contribution in [-0.2, 0) is 9.59 Å². The summed E-state index contributed by atoms with van der Waals surface area (Å²) in [4.78, 5) is 31.2. The minimum Gasteiger partial charge on any atom is -0.497 e. The molecule has 1 N–H and O–H groups in total. The molecule has 0 bridgehead atoms. The van der Waals surface area contributed by atoms with Crippen molar-refractivity contribution in [1.82, 2.24) is 9.80 Å². The largest absolute Gasteiger partial charge is 0.497 e. The van der Waals surface area contributed by atoms with Crippen molar-refractivity contribution in [2.45, 2.75) is 19.9 Å². The van der Waals surface area contributed by atoms with E-state index in [1.807, 2.05) is 56.3 Å². The normalized spacial score (nSPS) is 15.3. The summed E-state index contributed by atoms with van der Waals surface area (Å²) in [6, 6.07) is 15.4. The first kappa shape index (κ1) is 22.6. The molecule has 0 radical (unpaired) electrons. The lowest BCUT2D eigenvalue weighted by molar-refractivity contribution is -0.137. The zero-order chi connectivity index (χ0) is 22.4. The SMILES string of the molecule is COc1cccc(N2CCN([C@H](C)C(=O)N(C)CC(=O)Nc3ccc(C)cc3)CC2)c1. The van der Waals surface area contributed by atoms with Gasteiger partial charge in [-0.1, -0.05) is 23.8 Å². The molecular weight excluding hydrogens is 392 g/mol. The molecule has 0 aliphatic carbocycles. The number of carbonyl (C=O) groups is 2. The molecule has 0 aromatic heterocycles. The fraction of sp³-hybridized carbons (Fsp3) is 0.417. The number of aryl methyl sites for hydroxylation is 1. The van der Waals surface area contributed by atoms with E-state index >= 15 is 0 Å². The third kappa shape index (κ3) is 5.98. The molecule has 7 heteroatoms. The van der Waals surface area contributed by atoms with E-state index in [4.69, 9.17) is 4.74 Å². The van der Waals surface area contributed by atoms with Crippen molar-refractivity contribution >= 4 is 23.2 Å². The number of amides is 2. The third-order valence-electron chi connectivity index (χ3n) is 5.73. The van der Waals surface area contributed by atoms with Crippen LogP contribution in [0.15, 0.2) is 48.5 Å². The molecule has 1 saturated heterocycles. The van der Waals surface area contributed by atoms with Crippen LogP contribution in [-0.4, -0.2) is 74.5 Å². The molecule has 0 unspecified atom stereocenters. The highest BCUT2D eigenvalue weighted by Crippen LogP contribution is 2.22. The fourth-order valence-electron chi connectivity index (χ4n) is 3.78. The molecule has 0 saturated carbocycles. The van der Waals surface area contributed by atoms with Gasteiger partial charge in [0.1, 0.15) is 5.75 Å². The van der Waals surface area contributed by atoms with E-state index in [1.54, 1.807) is 14.2 Å². The summed E-state index contributed by atoms with van der Waals surface area (Å²) < 4.78 is 5.32. The van der Waals surface area contributed by atoms with Gasteiger partial charge in [0.05, 0.1) is 19.7 Å². The Morgan fingerprint density at radius 2 is 1.77 bits per heavy atom. The highest BCUT2D eigenvalue weighted by molar-refractivity contribution is 5.95. The van der Waals surface area contributed by atoms with Crippen LogP contribution in [0.4, 0.5) is 11.4 Å². The number of hydrogen-bond acceptors (Lipinski definition) is 5. The maximum Gasteiger partial charge on any atom is 0.243 e. The van der Waals surface area contributed by atoms with E-state index in [0.29, 0.717) is 0 Å². The van der Waals surface area contributed by atoms with Gasteiger partial charge in [0.15, 0.2) is 0 Å². The number of rotatable bonds is 7. The lowest BCUT2D eigenvalue weighted by atomic mass is 10.2. The quantitative estimate of drug-likeness (QED) is 0.740. The second-order valence-electron chi connectivity index (χ2n) is 8.01. The number of anilines is 2. The summed E-state index contributed by atoms with van der Waals surface area (Å²) in [7, 11) is 3.35. The van der Waals surface area contributed by atoms with Crippen LogP contribution < -0.4 is 15.0 Å². The molecule has 166 valence electrons. The number of likely N-dealkylation sites (N-methyl/N-ethyl adjacent to an activating group) is 1. The van der Waals surface area contributed by atoms with Crippen molar-refractivity contribution in [1.29, 1.82) is 0 Å². The Hall–Kier alpha value is -3.06. The van der Waals surface area contributed by atoms with Gasteiger partial charge in [-0.3, -0.25) is 14.5 Å². The molecule has 7 nitrogen and oxygen atoms in total. The Morgan fingerprint density at radius 1 is 1.10 bits per heavy atom. The minimum atomic E-state index is -0.273. The second kappa shape index (κ2) is 10.3. The van der Waals surface area contributed by atoms with Crippen LogP contribution in [0.25, 0.3) is 0 Å². The van der Waals surface area contributed by atoms with Crippen molar-refractivity contribution in [3.8, 4) is 5.75 Å². The smallest absolute Gasteiger partial charge is 0.243 e.